The van der Waals surface area contributed by atoms with Crippen molar-refractivity contribution in [2.24, 2.45) is 5.73 Å². The molecule has 90 valence electrons. The molecular formula is C11H26N4. The molecule has 0 bridgehead atoms. The number of likely N-dealkylation sites (N-methyl/N-ethyl adjacent to an activating group) is 2. The van der Waals surface area contributed by atoms with E-state index in [9.17, 15) is 0 Å². The minimum absolute atomic E-state index is 0.539. The highest BCUT2D eigenvalue weighted by molar-refractivity contribution is 4.79. The molecule has 0 aromatic rings. The maximum Gasteiger partial charge on any atom is 0.0346 e. The fourth-order valence-corrected chi connectivity index (χ4v) is 2.14. The summed E-state index contributed by atoms with van der Waals surface area (Å²) >= 11 is 0. The third-order valence-corrected chi connectivity index (χ3v) is 3.13. The fraction of sp³-hybridized carbons (Fsp3) is 1.00. The van der Waals surface area contributed by atoms with E-state index < -0.39 is 0 Å². The molecule has 0 aromatic heterocycles. The molecule has 1 saturated heterocycles. The zero-order valence-electron chi connectivity index (χ0n) is 10.4. The summed E-state index contributed by atoms with van der Waals surface area (Å²) < 4.78 is 0. The van der Waals surface area contributed by atoms with Crippen LogP contribution in [0.5, 0.6) is 0 Å². The first kappa shape index (κ1) is 12.9. The van der Waals surface area contributed by atoms with E-state index in [0.29, 0.717) is 6.04 Å². The molecule has 1 aliphatic heterocycles. The summed E-state index contributed by atoms with van der Waals surface area (Å²) in [4.78, 5) is 7.18. The highest BCUT2D eigenvalue weighted by Gasteiger charge is 2.21. The monoisotopic (exact) mass is 214 g/mol. The van der Waals surface area contributed by atoms with Crippen LogP contribution in [0.1, 0.15) is 6.42 Å². The topological polar surface area (TPSA) is 35.7 Å². The summed E-state index contributed by atoms with van der Waals surface area (Å²) in [5.74, 6) is 0. The van der Waals surface area contributed by atoms with Crippen LogP contribution >= 0.6 is 0 Å². The van der Waals surface area contributed by atoms with Crippen molar-refractivity contribution in [3.8, 4) is 0 Å². The lowest BCUT2D eigenvalue weighted by Crippen LogP contribution is -2.47. The minimum atomic E-state index is 0.539. The summed E-state index contributed by atoms with van der Waals surface area (Å²) in [7, 11) is 6.45. The molecular weight excluding hydrogens is 188 g/mol. The summed E-state index contributed by atoms with van der Waals surface area (Å²) in [5, 5.41) is 0. The number of hydrogen-bond acceptors (Lipinski definition) is 4. The molecule has 1 aliphatic rings. The van der Waals surface area contributed by atoms with Crippen molar-refractivity contribution in [3.05, 3.63) is 0 Å². The Hall–Kier alpha value is -0.160. The molecule has 0 saturated carbocycles. The molecule has 4 nitrogen and oxygen atoms in total. The molecule has 1 fully saturated rings. The third-order valence-electron chi connectivity index (χ3n) is 3.13. The lowest BCUT2D eigenvalue weighted by Gasteiger charge is -2.30. The zero-order chi connectivity index (χ0) is 11.3. The molecule has 0 radical (unpaired) electrons. The first-order chi connectivity index (χ1) is 7.13. The summed E-state index contributed by atoms with van der Waals surface area (Å²) in [6, 6.07) is 0.539. The Kier molecular flexibility index (Phi) is 5.53. The van der Waals surface area contributed by atoms with Crippen molar-refractivity contribution in [3.63, 3.8) is 0 Å². The average molecular weight is 214 g/mol. The highest BCUT2D eigenvalue weighted by atomic mass is 15.3. The molecule has 0 spiro atoms. The van der Waals surface area contributed by atoms with Crippen LogP contribution in [0.4, 0.5) is 0 Å². The van der Waals surface area contributed by atoms with Crippen molar-refractivity contribution < 1.29 is 0 Å². The van der Waals surface area contributed by atoms with Gasteiger partial charge in [-0.3, -0.25) is 4.90 Å². The van der Waals surface area contributed by atoms with Gasteiger partial charge in [-0.25, -0.2) is 0 Å². The van der Waals surface area contributed by atoms with E-state index in [1.54, 1.807) is 0 Å². The largest absolute Gasteiger partial charge is 0.329 e. The Morgan fingerprint density at radius 2 is 2.07 bits per heavy atom. The van der Waals surface area contributed by atoms with E-state index in [2.05, 4.69) is 35.8 Å². The molecule has 4 heteroatoms. The van der Waals surface area contributed by atoms with E-state index in [1.807, 2.05) is 0 Å². The maximum absolute atomic E-state index is 5.85. The molecule has 0 aromatic carbocycles. The number of hydrogen-bond donors (Lipinski definition) is 1. The molecule has 1 atom stereocenters. The summed E-state index contributed by atoms with van der Waals surface area (Å²) in [6.07, 6.45) is 1.26. The number of nitrogens with zero attached hydrogens (tertiary/aromatic N) is 3. The molecule has 1 rings (SSSR count). The minimum Gasteiger partial charge on any atom is -0.329 e. The lowest BCUT2D eigenvalue weighted by atomic mass is 10.2. The SMILES string of the molecule is CN(C)CCN1CCCN(C)CC1CN. The van der Waals surface area contributed by atoms with Gasteiger partial charge in [0, 0.05) is 32.2 Å². The van der Waals surface area contributed by atoms with Gasteiger partial charge < -0.3 is 15.5 Å². The van der Waals surface area contributed by atoms with E-state index in [0.717, 1.165) is 26.2 Å². The van der Waals surface area contributed by atoms with Crippen LogP contribution in [0, 0.1) is 0 Å². The second-order valence-corrected chi connectivity index (χ2v) is 4.84. The number of rotatable bonds is 4. The normalized spacial score (nSPS) is 25.8. The summed E-state index contributed by atoms with van der Waals surface area (Å²) in [5.41, 5.74) is 5.85. The number of nitrogens with two attached hydrogens (primary N) is 1. The average Bonchev–Trinajstić information content (AvgIpc) is 2.36. The summed E-state index contributed by atoms with van der Waals surface area (Å²) in [6.45, 7) is 6.56. The van der Waals surface area contributed by atoms with E-state index in [-0.39, 0.29) is 0 Å². The predicted octanol–water partition coefficient (Wildman–Crippen LogP) is -0.487. The zero-order valence-corrected chi connectivity index (χ0v) is 10.4. The van der Waals surface area contributed by atoms with Crippen molar-refractivity contribution >= 4 is 0 Å². The highest BCUT2D eigenvalue weighted by Crippen LogP contribution is 2.07. The van der Waals surface area contributed by atoms with Crippen LogP contribution in [-0.4, -0.2) is 81.2 Å². The Bertz CT molecular complexity index is 172. The molecule has 1 heterocycles. The van der Waals surface area contributed by atoms with Gasteiger partial charge in [0.05, 0.1) is 0 Å². The van der Waals surface area contributed by atoms with Crippen LogP contribution in [0.3, 0.4) is 0 Å². The molecule has 15 heavy (non-hydrogen) atoms. The van der Waals surface area contributed by atoms with Gasteiger partial charge >= 0.3 is 0 Å². The van der Waals surface area contributed by atoms with Crippen molar-refractivity contribution in [1.82, 2.24) is 14.7 Å². The van der Waals surface area contributed by atoms with Gasteiger partial charge in [0.25, 0.3) is 0 Å². The fourth-order valence-electron chi connectivity index (χ4n) is 2.14. The van der Waals surface area contributed by atoms with Crippen LogP contribution in [-0.2, 0) is 0 Å². The van der Waals surface area contributed by atoms with E-state index >= 15 is 0 Å². The second kappa shape index (κ2) is 6.43. The molecule has 2 N–H and O–H groups in total. The second-order valence-electron chi connectivity index (χ2n) is 4.84. The van der Waals surface area contributed by atoms with Gasteiger partial charge in [0.1, 0.15) is 0 Å². The van der Waals surface area contributed by atoms with Crippen molar-refractivity contribution in [2.45, 2.75) is 12.5 Å². The van der Waals surface area contributed by atoms with Gasteiger partial charge in [-0.15, -0.1) is 0 Å². The lowest BCUT2D eigenvalue weighted by molar-refractivity contribution is 0.177. The van der Waals surface area contributed by atoms with E-state index in [4.69, 9.17) is 5.73 Å². The van der Waals surface area contributed by atoms with Crippen molar-refractivity contribution in [1.29, 1.82) is 0 Å². The molecule has 1 unspecified atom stereocenters. The van der Waals surface area contributed by atoms with Crippen molar-refractivity contribution in [2.75, 3.05) is 60.4 Å². The van der Waals surface area contributed by atoms with Gasteiger partial charge in [-0.2, -0.15) is 0 Å². The Balaban J connectivity index is 2.43. The maximum atomic E-state index is 5.85. The first-order valence-electron chi connectivity index (χ1n) is 5.91. The standard InChI is InChI=1S/C11H26N4/c1-13(2)7-8-15-6-4-5-14(3)10-11(15)9-12/h11H,4-10,12H2,1-3H3. The Morgan fingerprint density at radius 3 is 2.67 bits per heavy atom. The van der Waals surface area contributed by atoms with Crippen LogP contribution in [0.25, 0.3) is 0 Å². The third kappa shape index (κ3) is 4.47. The van der Waals surface area contributed by atoms with Gasteiger partial charge in [0.15, 0.2) is 0 Å². The Labute approximate surface area is 94.0 Å². The van der Waals surface area contributed by atoms with Crippen LogP contribution in [0.15, 0.2) is 0 Å². The van der Waals surface area contributed by atoms with Gasteiger partial charge in [-0.05, 0) is 40.7 Å². The van der Waals surface area contributed by atoms with E-state index in [1.165, 1.54) is 19.5 Å². The van der Waals surface area contributed by atoms with Gasteiger partial charge in [0.2, 0.25) is 0 Å². The predicted molar refractivity (Wildman–Crippen MR) is 65.1 cm³/mol. The smallest absolute Gasteiger partial charge is 0.0346 e. The molecule has 0 aliphatic carbocycles. The van der Waals surface area contributed by atoms with Gasteiger partial charge in [-0.1, -0.05) is 0 Å². The van der Waals surface area contributed by atoms with Crippen LogP contribution < -0.4 is 5.73 Å². The quantitative estimate of drug-likeness (QED) is 0.685. The molecule has 0 amide bonds. The Morgan fingerprint density at radius 1 is 1.33 bits per heavy atom. The first-order valence-corrected chi connectivity index (χ1v) is 5.91. The van der Waals surface area contributed by atoms with Crippen LogP contribution in [0.2, 0.25) is 0 Å².